The van der Waals surface area contributed by atoms with Crippen LogP contribution in [-0.4, -0.2) is 10.4 Å². The minimum atomic E-state index is 0.339. The minimum Gasteiger partial charge on any atom is -0.291 e. The average Bonchev–Trinajstić information content (AvgIpc) is 2.05. The van der Waals surface area contributed by atoms with Gasteiger partial charge in [0.25, 0.3) is 0 Å². The van der Waals surface area contributed by atoms with Crippen LogP contribution in [0, 0.1) is 0 Å². The molecule has 0 radical (unpaired) electrons. The van der Waals surface area contributed by atoms with Crippen molar-refractivity contribution < 1.29 is 10.4 Å². The summed E-state index contributed by atoms with van der Waals surface area (Å²) in [5.74, 6) is 0. The Morgan fingerprint density at radius 2 is 1.91 bits per heavy atom. The Balaban J connectivity index is 3.02. The van der Waals surface area contributed by atoms with Gasteiger partial charge in [-0.05, 0) is 18.2 Å². The molecule has 1 aromatic rings. The SMILES string of the molecule is ONc1ccc(Cl)c(NO)c1. The van der Waals surface area contributed by atoms with Crippen LogP contribution in [0.3, 0.4) is 0 Å². The summed E-state index contributed by atoms with van der Waals surface area (Å²) in [7, 11) is 0. The molecule has 5 heteroatoms. The van der Waals surface area contributed by atoms with Gasteiger partial charge in [-0.15, -0.1) is 0 Å². The topological polar surface area (TPSA) is 64.5 Å². The molecule has 0 saturated heterocycles. The standard InChI is InChI=1S/C6H7ClN2O2/c7-5-2-1-4(8-10)3-6(5)9-11/h1-3,8-11H. The van der Waals surface area contributed by atoms with E-state index >= 15 is 0 Å². The van der Waals surface area contributed by atoms with Gasteiger partial charge in [0.2, 0.25) is 0 Å². The van der Waals surface area contributed by atoms with E-state index in [1.807, 2.05) is 11.0 Å². The van der Waals surface area contributed by atoms with Crippen molar-refractivity contribution in [3.05, 3.63) is 23.2 Å². The average molecular weight is 175 g/mol. The first-order valence-corrected chi connectivity index (χ1v) is 3.25. The van der Waals surface area contributed by atoms with E-state index in [1.165, 1.54) is 6.07 Å². The third-order valence-corrected chi connectivity index (χ3v) is 1.55. The van der Waals surface area contributed by atoms with Crippen LogP contribution in [-0.2, 0) is 0 Å². The fourth-order valence-corrected chi connectivity index (χ4v) is 0.840. The van der Waals surface area contributed by atoms with Gasteiger partial charge in [0.05, 0.1) is 16.4 Å². The van der Waals surface area contributed by atoms with Gasteiger partial charge >= 0.3 is 0 Å². The van der Waals surface area contributed by atoms with E-state index in [-0.39, 0.29) is 0 Å². The lowest BCUT2D eigenvalue weighted by atomic mass is 10.3. The van der Waals surface area contributed by atoms with Crippen LogP contribution in [0.15, 0.2) is 18.2 Å². The molecule has 0 atom stereocenters. The maximum atomic E-state index is 8.49. The van der Waals surface area contributed by atoms with E-state index in [0.29, 0.717) is 16.4 Å². The van der Waals surface area contributed by atoms with Crippen LogP contribution in [0.4, 0.5) is 11.4 Å². The summed E-state index contributed by atoms with van der Waals surface area (Å²) in [5.41, 5.74) is 4.59. The fourth-order valence-electron chi connectivity index (χ4n) is 0.681. The van der Waals surface area contributed by atoms with Crippen molar-refractivity contribution in [1.29, 1.82) is 0 Å². The normalized spacial score (nSPS) is 9.36. The van der Waals surface area contributed by atoms with E-state index in [4.69, 9.17) is 22.0 Å². The first kappa shape index (κ1) is 8.13. The zero-order valence-electron chi connectivity index (χ0n) is 5.50. The molecular formula is C6H7ClN2O2. The van der Waals surface area contributed by atoms with Gasteiger partial charge in [-0.3, -0.25) is 21.4 Å². The molecule has 11 heavy (non-hydrogen) atoms. The zero-order valence-corrected chi connectivity index (χ0v) is 6.26. The molecule has 0 amide bonds. The van der Waals surface area contributed by atoms with Gasteiger partial charge < -0.3 is 0 Å². The molecule has 4 nitrogen and oxygen atoms in total. The van der Waals surface area contributed by atoms with Gasteiger partial charge in [0.15, 0.2) is 0 Å². The van der Waals surface area contributed by atoms with Crippen LogP contribution >= 0.6 is 11.6 Å². The van der Waals surface area contributed by atoms with Crippen LogP contribution in [0.1, 0.15) is 0 Å². The maximum absolute atomic E-state index is 8.49. The molecule has 0 bridgehead atoms. The van der Waals surface area contributed by atoms with E-state index in [1.54, 1.807) is 12.1 Å². The van der Waals surface area contributed by atoms with Crippen LogP contribution in [0.25, 0.3) is 0 Å². The summed E-state index contributed by atoms with van der Waals surface area (Å²) in [4.78, 5) is 0. The number of rotatable bonds is 2. The van der Waals surface area contributed by atoms with Crippen molar-refractivity contribution >= 4 is 23.0 Å². The smallest absolute Gasteiger partial charge is 0.0809 e. The largest absolute Gasteiger partial charge is 0.291 e. The molecule has 0 heterocycles. The third kappa shape index (κ3) is 1.74. The first-order chi connectivity index (χ1) is 5.27. The first-order valence-electron chi connectivity index (χ1n) is 2.87. The zero-order chi connectivity index (χ0) is 8.27. The number of nitrogens with one attached hydrogen (secondary N) is 2. The van der Waals surface area contributed by atoms with Crippen LogP contribution in [0.2, 0.25) is 5.02 Å². The molecule has 0 fully saturated rings. The molecule has 4 N–H and O–H groups in total. The Kier molecular flexibility index (Phi) is 2.53. The molecule has 0 unspecified atom stereocenters. The molecule has 0 aliphatic rings. The summed E-state index contributed by atoms with van der Waals surface area (Å²) in [6, 6.07) is 4.57. The lowest BCUT2D eigenvalue weighted by molar-refractivity contribution is 0.385. The van der Waals surface area contributed by atoms with Crippen molar-refractivity contribution in [3.63, 3.8) is 0 Å². The van der Waals surface area contributed by atoms with Gasteiger partial charge in [-0.25, -0.2) is 0 Å². The van der Waals surface area contributed by atoms with Gasteiger partial charge in [-0.2, -0.15) is 0 Å². The molecule has 60 valence electrons. The lowest BCUT2D eigenvalue weighted by Gasteiger charge is -2.03. The Bertz CT molecular complexity index is 254. The quantitative estimate of drug-likeness (QED) is 0.518. The summed E-state index contributed by atoms with van der Waals surface area (Å²) >= 11 is 5.62. The predicted molar refractivity (Wildman–Crippen MR) is 42.3 cm³/mol. The highest BCUT2D eigenvalue weighted by Gasteiger charge is 1.98. The fraction of sp³-hybridized carbons (Fsp3) is 0. The van der Waals surface area contributed by atoms with E-state index in [2.05, 4.69) is 0 Å². The van der Waals surface area contributed by atoms with Crippen molar-refractivity contribution in [3.8, 4) is 0 Å². The molecule has 1 aromatic carbocycles. The molecule has 0 spiro atoms. The Labute approximate surface area is 68.3 Å². The van der Waals surface area contributed by atoms with E-state index in [0.717, 1.165) is 0 Å². The van der Waals surface area contributed by atoms with E-state index < -0.39 is 0 Å². The summed E-state index contributed by atoms with van der Waals surface area (Å²) < 4.78 is 0. The van der Waals surface area contributed by atoms with Crippen LogP contribution in [0.5, 0.6) is 0 Å². The Morgan fingerprint density at radius 3 is 2.45 bits per heavy atom. The van der Waals surface area contributed by atoms with Gasteiger partial charge in [0, 0.05) is 0 Å². The van der Waals surface area contributed by atoms with E-state index in [9.17, 15) is 0 Å². The number of hydrogen-bond acceptors (Lipinski definition) is 4. The van der Waals surface area contributed by atoms with Gasteiger partial charge in [-0.1, -0.05) is 11.6 Å². The second-order valence-corrected chi connectivity index (χ2v) is 2.33. The highest BCUT2D eigenvalue weighted by molar-refractivity contribution is 6.33. The molecule has 0 aliphatic carbocycles. The van der Waals surface area contributed by atoms with Crippen molar-refractivity contribution in [1.82, 2.24) is 0 Å². The van der Waals surface area contributed by atoms with Crippen molar-refractivity contribution in [2.75, 3.05) is 11.0 Å². The summed E-state index contributed by atoms with van der Waals surface area (Å²) in [5, 5.41) is 17.3. The number of hydrogen-bond donors (Lipinski definition) is 4. The van der Waals surface area contributed by atoms with Crippen molar-refractivity contribution in [2.24, 2.45) is 0 Å². The summed E-state index contributed by atoms with van der Waals surface area (Å²) in [6.45, 7) is 0. The molecular weight excluding hydrogens is 168 g/mol. The second-order valence-electron chi connectivity index (χ2n) is 1.92. The van der Waals surface area contributed by atoms with Crippen molar-refractivity contribution in [2.45, 2.75) is 0 Å². The lowest BCUT2D eigenvalue weighted by Crippen LogP contribution is -1.93. The number of halogens is 1. The number of benzene rings is 1. The van der Waals surface area contributed by atoms with Crippen LogP contribution < -0.4 is 11.0 Å². The Morgan fingerprint density at radius 1 is 1.18 bits per heavy atom. The third-order valence-electron chi connectivity index (χ3n) is 1.22. The highest BCUT2D eigenvalue weighted by Crippen LogP contribution is 2.24. The Hall–Kier alpha value is -0.970. The highest BCUT2D eigenvalue weighted by atomic mass is 35.5. The molecule has 0 saturated carbocycles. The minimum absolute atomic E-state index is 0.339. The second kappa shape index (κ2) is 3.43. The molecule has 0 aromatic heterocycles. The maximum Gasteiger partial charge on any atom is 0.0809 e. The predicted octanol–water partition coefficient (Wildman–Crippen LogP) is 1.94. The van der Waals surface area contributed by atoms with Gasteiger partial charge in [0.1, 0.15) is 0 Å². The summed E-state index contributed by atoms with van der Waals surface area (Å²) in [6.07, 6.45) is 0. The monoisotopic (exact) mass is 174 g/mol. The molecule has 0 aliphatic heterocycles. The molecule has 1 rings (SSSR count). The number of anilines is 2.